The predicted molar refractivity (Wildman–Crippen MR) is 70.1 cm³/mol. The third kappa shape index (κ3) is 1.89. The summed E-state index contributed by atoms with van der Waals surface area (Å²) in [5.41, 5.74) is 1.34. The molecule has 4 nitrogen and oxygen atoms in total. The van der Waals surface area contributed by atoms with Crippen LogP contribution in [0.2, 0.25) is 0 Å². The topological polar surface area (TPSA) is 55.1 Å². The van der Waals surface area contributed by atoms with Crippen LogP contribution in [0.1, 0.15) is 15.4 Å². The molecule has 0 bridgehead atoms. The van der Waals surface area contributed by atoms with Crippen LogP contribution >= 0.6 is 11.3 Å². The van der Waals surface area contributed by atoms with Crippen LogP contribution in [0.25, 0.3) is 10.9 Å². The highest BCUT2D eigenvalue weighted by atomic mass is 32.1. The highest BCUT2D eigenvalue weighted by molar-refractivity contribution is 7.09. The van der Waals surface area contributed by atoms with E-state index in [-0.39, 0.29) is 0 Å². The lowest BCUT2D eigenvalue weighted by Gasteiger charge is -2.03. The Morgan fingerprint density at radius 1 is 1.39 bits per heavy atom. The molecule has 0 aliphatic heterocycles. The lowest BCUT2D eigenvalue weighted by Crippen LogP contribution is -1.98. The van der Waals surface area contributed by atoms with Crippen molar-refractivity contribution in [2.45, 2.75) is 6.54 Å². The Morgan fingerprint density at radius 3 is 3.00 bits per heavy atom. The number of hydrogen-bond acceptors (Lipinski definition) is 3. The highest BCUT2D eigenvalue weighted by Crippen LogP contribution is 2.19. The van der Waals surface area contributed by atoms with Crippen molar-refractivity contribution in [3.63, 3.8) is 0 Å². The first-order valence-electron chi connectivity index (χ1n) is 5.44. The number of fused-ring (bicyclic) bond motifs is 1. The minimum Gasteiger partial charge on any atom is -0.478 e. The first-order chi connectivity index (χ1) is 8.74. The van der Waals surface area contributed by atoms with Crippen LogP contribution in [0.3, 0.4) is 0 Å². The Hall–Kier alpha value is -2.14. The highest BCUT2D eigenvalue weighted by Gasteiger charge is 2.07. The number of aromatic carboxylic acids is 1. The van der Waals surface area contributed by atoms with E-state index in [0.717, 1.165) is 15.9 Å². The third-order valence-corrected chi connectivity index (χ3v) is 3.57. The Labute approximate surface area is 107 Å². The Morgan fingerprint density at radius 2 is 2.28 bits per heavy atom. The zero-order valence-corrected chi connectivity index (χ0v) is 10.2. The predicted octanol–water partition coefficient (Wildman–Crippen LogP) is 2.84. The Kier molecular flexibility index (Phi) is 2.60. The molecule has 0 spiro atoms. The second-order valence-corrected chi connectivity index (χ2v) is 4.93. The summed E-state index contributed by atoms with van der Waals surface area (Å²) in [6.45, 7) is 0.716. The van der Waals surface area contributed by atoms with Crippen molar-refractivity contribution >= 4 is 28.2 Å². The molecule has 1 aromatic carbocycles. The van der Waals surface area contributed by atoms with E-state index in [9.17, 15) is 4.79 Å². The number of nitrogens with zero attached hydrogens (tertiary/aromatic N) is 2. The first kappa shape index (κ1) is 11.0. The molecular formula is C13H10N2O2S. The van der Waals surface area contributed by atoms with Gasteiger partial charge in [0.2, 0.25) is 0 Å². The molecule has 3 rings (SSSR count). The molecule has 0 saturated carbocycles. The van der Waals surface area contributed by atoms with E-state index in [1.165, 1.54) is 0 Å². The lowest BCUT2D eigenvalue weighted by atomic mass is 10.1. The smallest absolute Gasteiger partial charge is 0.335 e. The van der Waals surface area contributed by atoms with Crippen LogP contribution in [-0.4, -0.2) is 20.6 Å². The molecule has 3 aromatic rings. The summed E-state index contributed by atoms with van der Waals surface area (Å²) in [6.07, 6.45) is 3.74. The molecule has 0 saturated heterocycles. The molecule has 5 heteroatoms. The number of benzene rings is 1. The van der Waals surface area contributed by atoms with E-state index in [4.69, 9.17) is 5.11 Å². The van der Waals surface area contributed by atoms with Crippen molar-refractivity contribution < 1.29 is 9.90 Å². The van der Waals surface area contributed by atoms with Crippen molar-refractivity contribution in [2.75, 3.05) is 0 Å². The average molecular weight is 258 g/mol. The van der Waals surface area contributed by atoms with E-state index in [0.29, 0.717) is 12.1 Å². The van der Waals surface area contributed by atoms with E-state index in [1.807, 2.05) is 23.7 Å². The Bertz CT molecular complexity index is 701. The van der Waals surface area contributed by atoms with Crippen molar-refractivity contribution in [3.05, 3.63) is 52.6 Å². The molecule has 0 unspecified atom stereocenters. The quantitative estimate of drug-likeness (QED) is 0.786. The normalized spacial score (nSPS) is 10.9. The van der Waals surface area contributed by atoms with Crippen LogP contribution in [0.15, 0.2) is 42.0 Å². The fraction of sp³-hybridized carbons (Fsp3) is 0.0769. The monoisotopic (exact) mass is 258 g/mol. The molecule has 2 aromatic heterocycles. The molecule has 1 N–H and O–H groups in total. The molecule has 0 atom stereocenters. The van der Waals surface area contributed by atoms with Crippen LogP contribution in [-0.2, 0) is 6.54 Å². The summed E-state index contributed by atoms with van der Waals surface area (Å²) < 4.78 is 2.07. The summed E-state index contributed by atoms with van der Waals surface area (Å²) in [6, 6.07) is 7.08. The van der Waals surface area contributed by atoms with Gasteiger partial charge in [-0.15, -0.1) is 11.3 Å². The van der Waals surface area contributed by atoms with Gasteiger partial charge in [0.1, 0.15) is 5.01 Å². The van der Waals surface area contributed by atoms with E-state index < -0.39 is 5.97 Å². The van der Waals surface area contributed by atoms with Gasteiger partial charge in [0.15, 0.2) is 0 Å². The fourth-order valence-electron chi connectivity index (χ4n) is 1.95. The zero-order chi connectivity index (χ0) is 12.5. The number of rotatable bonds is 3. The van der Waals surface area contributed by atoms with Crippen molar-refractivity contribution in [1.82, 2.24) is 9.55 Å². The fourth-order valence-corrected chi connectivity index (χ4v) is 2.56. The van der Waals surface area contributed by atoms with Crippen LogP contribution in [0.4, 0.5) is 0 Å². The molecule has 0 radical (unpaired) electrons. The number of thiazole rings is 1. The molecule has 18 heavy (non-hydrogen) atoms. The van der Waals surface area contributed by atoms with Gasteiger partial charge in [0.05, 0.1) is 12.1 Å². The van der Waals surface area contributed by atoms with Crippen LogP contribution < -0.4 is 0 Å². The maximum absolute atomic E-state index is 10.9. The van der Waals surface area contributed by atoms with Gasteiger partial charge in [-0.1, -0.05) is 0 Å². The third-order valence-electron chi connectivity index (χ3n) is 2.81. The van der Waals surface area contributed by atoms with Gasteiger partial charge in [-0.25, -0.2) is 9.78 Å². The van der Waals surface area contributed by atoms with Crippen molar-refractivity contribution in [2.24, 2.45) is 0 Å². The van der Waals surface area contributed by atoms with Gasteiger partial charge in [-0.3, -0.25) is 0 Å². The SMILES string of the molecule is O=C(O)c1ccc2c(ccn2Cc2nccs2)c1. The lowest BCUT2D eigenvalue weighted by molar-refractivity contribution is 0.0697. The van der Waals surface area contributed by atoms with Gasteiger partial charge in [0, 0.05) is 28.7 Å². The standard InChI is InChI=1S/C13H10N2O2S/c16-13(17)10-1-2-11-9(7-10)3-5-15(11)8-12-14-4-6-18-12/h1-7H,8H2,(H,16,17). The minimum atomic E-state index is -0.899. The summed E-state index contributed by atoms with van der Waals surface area (Å²) in [7, 11) is 0. The Balaban J connectivity index is 2.02. The maximum Gasteiger partial charge on any atom is 0.335 e. The molecule has 0 aliphatic rings. The summed E-state index contributed by atoms with van der Waals surface area (Å²) in [4.78, 5) is 15.1. The second-order valence-electron chi connectivity index (χ2n) is 3.95. The average Bonchev–Trinajstić information content (AvgIpc) is 2.99. The second kappa shape index (κ2) is 4.27. The minimum absolute atomic E-state index is 0.314. The van der Waals surface area contributed by atoms with Crippen LogP contribution in [0.5, 0.6) is 0 Å². The largest absolute Gasteiger partial charge is 0.478 e. The summed E-state index contributed by atoms with van der Waals surface area (Å²) in [5, 5.41) is 12.9. The van der Waals surface area contributed by atoms with Crippen molar-refractivity contribution in [1.29, 1.82) is 0 Å². The number of carboxylic acids is 1. The molecule has 0 aliphatic carbocycles. The van der Waals surface area contributed by atoms with Crippen molar-refractivity contribution in [3.8, 4) is 0 Å². The first-order valence-corrected chi connectivity index (χ1v) is 6.32. The summed E-state index contributed by atoms with van der Waals surface area (Å²) in [5.74, 6) is -0.899. The maximum atomic E-state index is 10.9. The van der Waals surface area contributed by atoms with Gasteiger partial charge in [0.25, 0.3) is 0 Å². The zero-order valence-electron chi connectivity index (χ0n) is 9.41. The van der Waals surface area contributed by atoms with E-state index in [1.54, 1.807) is 29.7 Å². The number of aromatic nitrogens is 2. The molecule has 2 heterocycles. The van der Waals surface area contributed by atoms with Gasteiger partial charge >= 0.3 is 5.97 Å². The molecule has 90 valence electrons. The van der Waals surface area contributed by atoms with Gasteiger partial charge in [-0.05, 0) is 24.3 Å². The summed E-state index contributed by atoms with van der Waals surface area (Å²) >= 11 is 1.61. The number of carbonyl (C=O) groups is 1. The van der Waals surface area contributed by atoms with Crippen LogP contribution in [0, 0.1) is 0 Å². The molecular weight excluding hydrogens is 248 g/mol. The molecule has 0 amide bonds. The number of hydrogen-bond donors (Lipinski definition) is 1. The van der Waals surface area contributed by atoms with E-state index >= 15 is 0 Å². The molecule has 0 fully saturated rings. The van der Waals surface area contributed by atoms with Gasteiger partial charge < -0.3 is 9.67 Å². The number of carboxylic acid groups (broad SMARTS) is 1. The van der Waals surface area contributed by atoms with E-state index in [2.05, 4.69) is 9.55 Å². The van der Waals surface area contributed by atoms with Gasteiger partial charge in [-0.2, -0.15) is 0 Å².